The molecule has 2 aromatic carbocycles. The van der Waals surface area contributed by atoms with Gasteiger partial charge in [0.2, 0.25) is 5.95 Å². The van der Waals surface area contributed by atoms with E-state index in [-0.39, 0.29) is 0 Å². The number of carboxylic acid groups (broad SMARTS) is 2. The van der Waals surface area contributed by atoms with E-state index >= 15 is 0 Å². The van der Waals surface area contributed by atoms with E-state index in [2.05, 4.69) is 20.5 Å². The number of nitrogens with zero attached hydrogens (tertiary/aromatic N) is 2. The highest BCUT2D eigenvalue weighted by Crippen LogP contribution is 2.14. The molecule has 0 bridgehead atoms. The SMILES string of the molecule is COc1ccc(CC(C)=NNc2nc3ccccc3[nH]2)cc1.O=C(O)C(=O)O. The van der Waals surface area contributed by atoms with E-state index in [0.29, 0.717) is 5.95 Å². The third-order valence-electron chi connectivity index (χ3n) is 3.54. The molecule has 0 fully saturated rings. The number of hydrogen-bond acceptors (Lipinski definition) is 6. The minimum atomic E-state index is -1.82. The van der Waals surface area contributed by atoms with E-state index in [0.717, 1.165) is 28.9 Å². The number of carbonyl (C=O) groups is 2. The van der Waals surface area contributed by atoms with Crippen LogP contribution in [0.5, 0.6) is 5.75 Å². The van der Waals surface area contributed by atoms with Gasteiger partial charge in [0.15, 0.2) is 0 Å². The average molecular weight is 384 g/mol. The fraction of sp³-hybridized carbons (Fsp3) is 0.158. The number of rotatable bonds is 5. The monoisotopic (exact) mass is 384 g/mol. The van der Waals surface area contributed by atoms with Crippen molar-refractivity contribution >= 4 is 34.6 Å². The van der Waals surface area contributed by atoms with Gasteiger partial charge in [0.05, 0.1) is 18.1 Å². The lowest BCUT2D eigenvalue weighted by molar-refractivity contribution is -0.159. The lowest BCUT2D eigenvalue weighted by Crippen LogP contribution is -2.09. The average Bonchev–Trinajstić information content (AvgIpc) is 3.10. The number of benzene rings is 2. The Morgan fingerprint density at radius 3 is 2.32 bits per heavy atom. The molecule has 0 spiro atoms. The number of para-hydroxylation sites is 2. The van der Waals surface area contributed by atoms with Gasteiger partial charge in [0.25, 0.3) is 0 Å². The molecule has 9 nitrogen and oxygen atoms in total. The molecule has 0 aliphatic rings. The van der Waals surface area contributed by atoms with Gasteiger partial charge in [-0.1, -0.05) is 24.3 Å². The van der Waals surface area contributed by atoms with Crippen LogP contribution in [-0.2, 0) is 16.0 Å². The van der Waals surface area contributed by atoms with Gasteiger partial charge in [0.1, 0.15) is 5.75 Å². The van der Waals surface area contributed by atoms with Gasteiger partial charge in [-0.25, -0.2) is 20.0 Å². The maximum atomic E-state index is 9.10. The fourth-order valence-electron chi connectivity index (χ4n) is 2.23. The number of nitrogens with one attached hydrogen (secondary N) is 2. The summed E-state index contributed by atoms with van der Waals surface area (Å²) in [6.07, 6.45) is 0.775. The summed E-state index contributed by atoms with van der Waals surface area (Å²) >= 11 is 0. The number of aromatic nitrogens is 2. The van der Waals surface area contributed by atoms with Crippen molar-refractivity contribution in [1.29, 1.82) is 0 Å². The van der Waals surface area contributed by atoms with Crippen molar-refractivity contribution < 1.29 is 24.5 Å². The molecule has 146 valence electrons. The number of hydrogen-bond donors (Lipinski definition) is 4. The van der Waals surface area contributed by atoms with Gasteiger partial charge < -0.3 is 19.9 Å². The van der Waals surface area contributed by atoms with E-state index in [9.17, 15) is 0 Å². The Kier molecular flexibility index (Phi) is 7.09. The molecule has 1 aromatic heterocycles. The minimum Gasteiger partial charge on any atom is -0.497 e. The van der Waals surface area contributed by atoms with E-state index in [1.165, 1.54) is 5.56 Å². The van der Waals surface area contributed by atoms with Crippen molar-refractivity contribution in [2.75, 3.05) is 12.5 Å². The first-order chi connectivity index (χ1) is 13.4. The number of aromatic amines is 1. The van der Waals surface area contributed by atoms with Crippen LogP contribution in [0.4, 0.5) is 5.95 Å². The summed E-state index contributed by atoms with van der Waals surface area (Å²) in [6, 6.07) is 15.9. The summed E-state index contributed by atoms with van der Waals surface area (Å²) in [5.74, 6) is -2.14. The number of imidazole rings is 1. The summed E-state index contributed by atoms with van der Waals surface area (Å²) < 4.78 is 5.15. The lowest BCUT2D eigenvalue weighted by Gasteiger charge is -2.03. The van der Waals surface area contributed by atoms with E-state index in [1.807, 2.05) is 55.5 Å². The summed E-state index contributed by atoms with van der Waals surface area (Å²) in [5, 5.41) is 19.2. The number of methoxy groups -OCH3 is 1. The fourth-order valence-corrected chi connectivity index (χ4v) is 2.23. The zero-order valence-electron chi connectivity index (χ0n) is 15.3. The van der Waals surface area contributed by atoms with Crippen LogP contribution >= 0.6 is 0 Å². The highest BCUT2D eigenvalue weighted by atomic mass is 16.5. The van der Waals surface area contributed by atoms with Crippen molar-refractivity contribution in [1.82, 2.24) is 9.97 Å². The van der Waals surface area contributed by atoms with E-state index in [4.69, 9.17) is 24.5 Å². The summed E-state index contributed by atoms with van der Waals surface area (Å²) in [4.78, 5) is 25.8. The lowest BCUT2D eigenvalue weighted by atomic mass is 10.1. The quantitative estimate of drug-likeness (QED) is 0.301. The maximum Gasteiger partial charge on any atom is 0.414 e. The molecular formula is C19H20N4O5. The molecule has 0 aliphatic carbocycles. The molecule has 0 saturated heterocycles. The third kappa shape index (κ3) is 6.13. The largest absolute Gasteiger partial charge is 0.497 e. The van der Waals surface area contributed by atoms with Gasteiger partial charge in [-0.2, -0.15) is 5.10 Å². The maximum absolute atomic E-state index is 9.10. The summed E-state index contributed by atoms with van der Waals surface area (Å²) in [6.45, 7) is 1.99. The normalized spacial score (nSPS) is 10.7. The number of ether oxygens (including phenoxy) is 1. The van der Waals surface area contributed by atoms with Gasteiger partial charge in [0, 0.05) is 12.1 Å². The minimum absolute atomic E-state index is 0.648. The van der Waals surface area contributed by atoms with E-state index < -0.39 is 11.9 Å². The highest BCUT2D eigenvalue weighted by Gasteiger charge is 2.04. The van der Waals surface area contributed by atoms with E-state index in [1.54, 1.807) is 7.11 Å². The van der Waals surface area contributed by atoms with Crippen LogP contribution in [0.15, 0.2) is 53.6 Å². The van der Waals surface area contributed by atoms with Crippen LogP contribution in [-0.4, -0.2) is 44.9 Å². The molecule has 0 unspecified atom stereocenters. The molecule has 4 N–H and O–H groups in total. The highest BCUT2D eigenvalue weighted by molar-refractivity contribution is 6.27. The number of anilines is 1. The number of hydrazone groups is 1. The molecule has 0 radical (unpaired) electrons. The zero-order chi connectivity index (χ0) is 20.5. The second-order valence-electron chi connectivity index (χ2n) is 5.70. The molecule has 1 heterocycles. The van der Waals surface area contributed by atoms with Crippen LogP contribution in [0.1, 0.15) is 12.5 Å². The molecule has 0 saturated carbocycles. The molecule has 3 rings (SSSR count). The Morgan fingerprint density at radius 1 is 1.11 bits per heavy atom. The first kappa shape index (κ1) is 20.4. The molecule has 28 heavy (non-hydrogen) atoms. The standard InChI is InChI=1S/C17H18N4O.C2H2O4/c1-12(11-13-7-9-14(22-2)10-8-13)20-21-17-18-15-5-3-4-6-16(15)19-17;3-1(4)2(5)6/h3-10H,11H2,1-2H3,(H2,18,19,21);(H,3,4)(H,5,6). The summed E-state index contributed by atoms with van der Waals surface area (Å²) in [5.41, 5.74) is 7.06. The van der Waals surface area contributed by atoms with Crippen molar-refractivity contribution in [2.45, 2.75) is 13.3 Å². The molecule has 9 heteroatoms. The Bertz CT molecular complexity index is 934. The van der Waals surface area contributed by atoms with Crippen molar-refractivity contribution in [2.24, 2.45) is 5.10 Å². The molecule has 0 atom stereocenters. The third-order valence-corrected chi connectivity index (χ3v) is 3.54. The second-order valence-corrected chi connectivity index (χ2v) is 5.70. The van der Waals surface area contributed by atoms with Gasteiger partial charge in [-0.15, -0.1) is 0 Å². The second kappa shape index (κ2) is 9.72. The zero-order valence-corrected chi connectivity index (χ0v) is 15.3. The summed E-state index contributed by atoms with van der Waals surface area (Å²) in [7, 11) is 1.67. The molecule has 0 amide bonds. The molecule has 0 aliphatic heterocycles. The number of H-pyrrole nitrogens is 1. The van der Waals surface area contributed by atoms with Crippen LogP contribution in [0.25, 0.3) is 11.0 Å². The first-order valence-electron chi connectivity index (χ1n) is 8.22. The Morgan fingerprint density at radius 2 is 1.75 bits per heavy atom. The number of carboxylic acids is 2. The van der Waals surface area contributed by atoms with Crippen LogP contribution in [0.3, 0.4) is 0 Å². The van der Waals surface area contributed by atoms with Gasteiger partial charge in [-0.05, 0) is 36.8 Å². The number of aliphatic carboxylic acids is 2. The van der Waals surface area contributed by atoms with Crippen molar-refractivity contribution in [3.05, 3.63) is 54.1 Å². The predicted molar refractivity (Wildman–Crippen MR) is 105 cm³/mol. The van der Waals surface area contributed by atoms with Crippen LogP contribution in [0, 0.1) is 0 Å². The van der Waals surface area contributed by atoms with Crippen LogP contribution in [0.2, 0.25) is 0 Å². The Balaban J connectivity index is 0.000000409. The predicted octanol–water partition coefficient (Wildman–Crippen LogP) is 2.76. The Labute approximate surface area is 160 Å². The topological polar surface area (TPSA) is 137 Å². The first-order valence-corrected chi connectivity index (χ1v) is 8.22. The van der Waals surface area contributed by atoms with Crippen molar-refractivity contribution in [3.8, 4) is 5.75 Å². The molecular weight excluding hydrogens is 364 g/mol. The smallest absolute Gasteiger partial charge is 0.414 e. The van der Waals surface area contributed by atoms with Crippen LogP contribution < -0.4 is 10.2 Å². The van der Waals surface area contributed by atoms with Crippen molar-refractivity contribution in [3.63, 3.8) is 0 Å². The van der Waals surface area contributed by atoms with Gasteiger partial charge in [-0.3, -0.25) is 0 Å². The Hall–Kier alpha value is -3.88. The number of fused-ring (bicyclic) bond motifs is 1. The molecule has 3 aromatic rings. The van der Waals surface area contributed by atoms with Gasteiger partial charge >= 0.3 is 11.9 Å².